The van der Waals surface area contributed by atoms with Gasteiger partial charge in [-0.15, -0.1) is 0 Å². The minimum Gasteiger partial charge on any atom is -0.497 e. The van der Waals surface area contributed by atoms with Crippen molar-refractivity contribution in [3.63, 3.8) is 0 Å². The Balaban J connectivity index is 2.13. The van der Waals surface area contributed by atoms with E-state index in [1.165, 1.54) is 0 Å². The second kappa shape index (κ2) is 6.24. The average molecular weight is 312 g/mol. The Labute approximate surface area is 127 Å². The van der Waals surface area contributed by atoms with Gasteiger partial charge in [-0.05, 0) is 42.5 Å². The van der Waals surface area contributed by atoms with E-state index in [0.717, 1.165) is 17.0 Å². The molecule has 0 spiro atoms. The fraction of sp³-hybridized carbons (Fsp3) is 0.0714. The Hall–Kier alpha value is -1.29. The number of halogens is 2. The SMILES string of the molecule is COc1ccc(C(=S)Nc2ccc(Cl)c(Cl)c2)cc1. The van der Waals surface area contributed by atoms with E-state index in [-0.39, 0.29) is 0 Å². The van der Waals surface area contributed by atoms with Crippen LogP contribution in [-0.2, 0) is 0 Å². The summed E-state index contributed by atoms with van der Waals surface area (Å²) in [7, 11) is 1.63. The summed E-state index contributed by atoms with van der Waals surface area (Å²) < 4.78 is 5.10. The maximum absolute atomic E-state index is 5.95. The molecule has 0 aliphatic heterocycles. The lowest BCUT2D eigenvalue weighted by atomic mass is 10.2. The molecule has 0 bridgehead atoms. The highest BCUT2D eigenvalue weighted by atomic mass is 35.5. The molecule has 2 aromatic rings. The van der Waals surface area contributed by atoms with E-state index >= 15 is 0 Å². The standard InChI is InChI=1S/C14H11Cl2NOS/c1-18-11-5-2-9(3-6-11)14(19)17-10-4-7-12(15)13(16)8-10/h2-8H,1H3,(H,17,19). The highest BCUT2D eigenvalue weighted by Gasteiger charge is 2.04. The summed E-state index contributed by atoms with van der Waals surface area (Å²) in [6.45, 7) is 0. The van der Waals surface area contributed by atoms with Crippen LogP contribution in [0.2, 0.25) is 10.0 Å². The van der Waals surface area contributed by atoms with Crippen LogP contribution in [0, 0.1) is 0 Å². The lowest BCUT2D eigenvalue weighted by Gasteiger charge is -2.09. The molecule has 98 valence electrons. The molecule has 0 saturated carbocycles. The van der Waals surface area contributed by atoms with Crippen molar-refractivity contribution in [3.05, 3.63) is 58.1 Å². The number of thiocarbonyl (C=S) groups is 1. The summed E-state index contributed by atoms with van der Waals surface area (Å²) >= 11 is 17.1. The summed E-state index contributed by atoms with van der Waals surface area (Å²) in [5, 5.41) is 4.12. The predicted octanol–water partition coefficient (Wildman–Crippen LogP) is 4.79. The van der Waals surface area contributed by atoms with Crippen molar-refractivity contribution in [2.75, 3.05) is 12.4 Å². The minimum absolute atomic E-state index is 0.490. The minimum atomic E-state index is 0.490. The number of methoxy groups -OCH3 is 1. The maximum atomic E-state index is 5.95. The molecule has 2 nitrogen and oxygen atoms in total. The van der Waals surface area contributed by atoms with E-state index in [0.29, 0.717) is 15.0 Å². The van der Waals surface area contributed by atoms with E-state index in [1.807, 2.05) is 30.3 Å². The number of nitrogens with one attached hydrogen (secondary N) is 1. The van der Waals surface area contributed by atoms with Gasteiger partial charge < -0.3 is 10.1 Å². The molecule has 0 amide bonds. The van der Waals surface area contributed by atoms with Crippen LogP contribution < -0.4 is 10.1 Å². The van der Waals surface area contributed by atoms with Gasteiger partial charge in [-0.2, -0.15) is 0 Å². The van der Waals surface area contributed by atoms with Crippen LogP contribution >= 0.6 is 35.4 Å². The number of benzene rings is 2. The van der Waals surface area contributed by atoms with Crippen molar-refractivity contribution in [1.82, 2.24) is 0 Å². The lowest BCUT2D eigenvalue weighted by Crippen LogP contribution is -2.10. The molecular formula is C14H11Cl2NOS. The second-order valence-electron chi connectivity index (χ2n) is 3.81. The van der Waals surface area contributed by atoms with Gasteiger partial charge in [0.15, 0.2) is 0 Å². The van der Waals surface area contributed by atoms with E-state index < -0.39 is 0 Å². The van der Waals surface area contributed by atoms with Gasteiger partial charge >= 0.3 is 0 Å². The third-order valence-corrected chi connectivity index (χ3v) is 3.61. The Morgan fingerprint density at radius 1 is 1.05 bits per heavy atom. The van der Waals surface area contributed by atoms with Crippen molar-refractivity contribution in [2.45, 2.75) is 0 Å². The molecule has 0 fully saturated rings. The predicted molar refractivity (Wildman–Crippen MR) is 84.8 cm³/mol. The van der Waals surface area contributed by atoms with Crippen LogP contribution in [0.5, 0.6) is 5.75 Å². The monoisotopic (exact) mass is 311 g/mol. The first-order chi connectivity index (χ1) is 9.10. The Bertz CT molecular complexity index is 599. The van der Waals surface area contributed by atoms with Crippen LogP contribution in [0.1, 0.15) is 5.56 Å². The van der Waals surface area contributed by atoms with E-state index in [1.54, 1.807) is 19.2 Å². The number of ether oxygens (including phenoxy) is 1. The molecule has 0 radical (unpaired) electrons. The van der Waals surface area contributed by atoms with E-state index in [4.69, 9.17) is 40.2 Å². The summed E-state index contributed by atoms with van der Waals surface area (Å²) in [6.07, 6.45) is 0. The molecule has 0 unspecified atom stereocenters. The lowest BCUT2D eigenvalue weighted by molar-refractivity contribution is 0.415. The molecule has 0 atom stereocenters. The first-order valence-electron chi connectivity index (χ1n) is 5.50. The molecule has 0 aliphatic carbocycles. The normalized spacial score (nSPS) is 10.1. The maximum Gasteiger partial charge on any atom is 0.118 e. The van der Waals surface area contributed by atoms with Gasteiger partial charge in [-0.25, -0.2) is 0 Å². The number of hydrogen-bond acceptors (Lipinski definition) is 2. The smallest absolute Gasteiger partial charge is 0.118 e. The summed E-state index contributed by atoms with van der Waals surface area (Å²) in [6, 6.07) is 12.8. The zero-order chi connectivity index (χ0) is 13.8. The number of rotatable bonds is 3. The Morgan fingerprint density at radius 2 is 1.74 bits per heavy atom. The highest BCUT2D eigenvalue weighted by Crippen LogP contribution is 2.25. The van der Waals surface area contributed by atoms with Crippen LogP contribution in [0.25, 0.3) is 0 Å². The Morgan fingerprint density at radius 3 is 2.32 bits per heavy atom. The third kappa shape index (κ3) is 3.60. The molecule has 0 aromatic heterocycles. The molecule has 0 aliphatic rings. The zero-order valence-electron chi connectivity index (χ0n) is 10.1. The largest absolute Gasteiger partial charge is 0.497 e. The Kier molecular flexibility index (Phi) is 4.64. The average Bonchev–Trinajstić information content (AvgIpc) is 2.43. The first-order valence-corrected chi connectivity index (χ1v) is 6.67. The first kappa shape index (κ1) is 14.1. The van der Waals surface area contributed by atoms with Crippen LogP contribution in [0.15, 0.2) is 42.5 Å². The van der Waals surface area contributed by atoms with Gasteiger partial charge in [-0.3, -0.25) is 0 Å². The quantitative estimate of drug-likeness (QED) is 0.823. The molecule has 0 heterocycles. The summed E-state index contributed by atoms with van der Waals surface area (Å²) in [4.78, 5) is 0.612. The summed E-state index contributed by atoms with van der Waals surface area (Å²) in [5.41, 5.74) is 1.71. The van der Waals surface area contributed by atoms with Crippen molar-refractivity contribution >= 4 is 46.1 Å². The molecule has 2 rings (SSSR count). The van der Waals surface area contributed by atoms with Crippen molar-refractivity contribution in [3.8, 4) is 5.75 Å². The fourth-order valence-corrected chi connectivity index (χ4v) is 2.07. The molecule has 5 heteroatoms. The number of anilines is 1. The van der Waals surface area contributed by atoms with E-state index in [2.05, 4.69) is 5.32 Å². The van der Waals surface area contributed by atoms with Crippen molar-refractivity contribution in [2.24, 2.45) is 0 Å². The topological polar surface area (TPSA) is 21.3 Å². The van der Waals surface area contributed by atoms with Gasteiger partial charge in [-0.1, -0.05) is 35.4 Å². The zero-order valence-corrected chi connectivity index (χ0v) is 12.4. The second-order valence-corrected chi connectivity index (χ2v) is 5.03. The van der Waals surface area contributed by atoms with Gasteiger partial charge in [0, 0.05) is 11.3 Å². The number of hydrogen-bond donors (Lipinski definition) is 1. The van der Waals surface area contributed by atoms with Crippen LogP contribution in [-0.4, -0.2) is 12.1 Å². The van der Waals surface area contributed by atoms with Crippen LogP contribution in [0.3, 0.4) is 0 Å². The molecule has 0 saturated heterocycles. The molecule has 19 heavy (non-hydrogen) atoms. The highest BCUT2D eigenvalue weighted by molar-refractivity contribution is 7.81. The summed E-state index contributed by atoms with van der Waals surface area (Å²) in [5.74, 6) is 0.793. The van der Waals surface area contributed by atoms with Crippen molar-refractivity contribution in [1.29, 1.82) is 0 Å². The molecular weight excluding hydrogens is 301 g/mol. The van der Waals surface area contributed by atoms with Gasteiger partial charge in [0.25, 0.3) is 0 Å². The molecule has 1 N–H and O–H groups in total. The third-order valence-electron chi connectivity index (χ3n) is 2.53. The van der Waals surface area contributed by atoms with Gasteiger partial charge in [0.2, 0.25) is 0 Å². The fourth-order valence-electron chi connectivity index (χ4n) is 1.52. The van der Waals surface area contributed by atoms with Gasteiger partial charge in [0.05, 0.1) is 17.2 Å². The van der Waals surface area contributed by atoms with Crippen LogP contribution in [0.4, 0.5) is 5.69 Å². The van der Waals surface area contributed by atoms with Gasteiger partial charge in [0.1, 0.15) is 10.7 Å². The van der Waals surface area contributed by atoms with E-state index in [9.17, 15) is 0 Å². The van der Waals surface area contributed by atoms with Crippen molar-refractivity contribution < 1.29 is 4.74 Å². The molecule has 2 aromatic carbocycles.